The van der Waals surface area contributed by atoms with Gasteiger partial charge in [0.2, 0.25) is 0 Å². The fourth-order valence-corrected chi connectivity index (χ4v) is 5.14. The number of hydrogen-bond donors (Lipinski definition) is 2. The number of nitrogens with two attached hydrogens (primary N) is 2. The summed E-state index contributed by atoms with van der Waals surface area (Å²) in [5.41, 5.74) is 11.9. The Morgan fingerprint density at radius 3 is 2.33 bits per heavy atom. The van der Waals surface area contributed by atoms with Gasteiger partial charge in [0.05, 0.1) is 5.25 Å². The summed E-state index contributed by atoms with van der Waals surface area (Å²) in [6, 6.07) is 7.24. The molecule has 0 amide bonds. The Morgan fingerprint density at radius 2 is 1.94 bits per heavy atom. The average molecular weight is 289 g/mol. The van der Waals surface area contributed by atoms with Gasteiger partial charge in [-0.15, -0.1) is 0 Å². The number of benzene rings is 1. The van der Waals surface area contributed by atoms with Gasteiger partial charge in [-0.3, -0.25) is 0 Å². The summed E-state index contributed by atoms with van der Waals surface area (Å²) in [6.45, 7) is 0.525. The third kappa shape index (κ3) is 2.05. The number of hydrogen-bond acceptors (Lipinski definition) is 4. The lowest BCUT2D eigenvalue weighted by Crippen LogP contribution is -2.31. The highest BCUT2D eigenvalue weighted by atomic mass is 35.5. The summed E-state index contributed by atoms with van der Waals surface area (Å²) in [6.07, 6.45) is 1.24. The Labute approximate surface area is 112 Å². The average Bonchev–Trinajstić information content (AvgIpc) is 2.98. The minimum atomic E-state index is -3.17. The molecule has 0 bridgehead atoms. The van der Waals surface area contributed by atoms with Crippen LogP contribution in [0.3, 0.4) is 0 Å². The quantitative estimate of drug-likeness (QED) is 0.856. The molecular weight excluding hydrogens is 272 g/mol. The SMILES string of the molecule is CS(=O)(=O)C1C(c2cccc(Cl)c2)C1(CN)CN. The molecule has 1 fully saturated rings. The minimum Gasteiger partial charge on any atom is -0.330 e. The van der Waals surface area contributed by atoms with Crippen molar-refractivity contribution in [3.8, 4) is 0 Å². The van der Waals surface area contributed by atoms with Gasteiger partial charge in [-0.1, -0.05) is 23.7 Å². The van der Waals surface area contributed by atoms with Gasteiger partial charge in [-0.2, -0.15) is 0 Å². The molecule has 0 aliphatic heterocycles. The first-order valence-corrected chi connectivity index (χ1v) is 8.04. The highest BCUT2D eigenvalue weighted by molar-refractivity contribution is 7.91. The first kappa shape index (κ1) is 13.8. The fourth-order valence-electron chi connectivity index (χ4n) is 2.90. The predicted molar refractivity (Wildman–Crippen MR) is 73.4 cm³/mol. The summed E-state index contributed by atoms with van der Waals surface area (Å²) in [7, 11) is -3.17. The zero-order chi connectivity index (χ0) is 13.6. The summed E-state index contributed by atoms with van der Waals surface area (Å²) in [4.78, 5) is 0. The summed E-state index contributed by atoms with van der Waals surface area (Å²) < 4.78 is 23.7. The smallest absolute Gasteiger partial charge is 0.151 e. The van der Waals surface area contributed by atoms with Gasteiger partial charge in [-0.05, 0) is 17.7 Å². The minimum absolute atomic E-state index is 0.152. The molecule has 0 saturated heterocycles. The van der Waals surface area contributed by atoms with Crippen molar-refractivity contribution in [2.24, 2.45) is 16.9 Å². The summed E-state index contributed by atoms with van der Waals surface area (Å²) in [5.74, 6) is -0.152. The maximum atomic E-state index is 11.9. The third-order valence-electron chi connectivity index (χ3n) is 3.81. The van der Waals surface area contributed by atoms with E-state index in [0.717, 1.165) is 5.56 Å². The molecule has 18 heavy (non-hydrogen) atoms. The normalized spacial score (nSPS) is 26.0. The Hall–Kier alpha value is -0.620. The number of rotatable bonds is 4. The molecule has 1 saturated carbocycles. The van der Waals surface area contributed by atoms with Gasteiger partial charge in [0, 0.05) is 35.7 Å². The Bertz CT molecular complexity index is 555. The van der Waals surface area contributed by atoms with Crippen LogP contribution in [-0.4, -0.2) is 33.0 Å². The van der Waals surface area contributed by atoms with E-state index in [1.807, 2.05) is 12.1 Å². The van der Waals surface area contributed by atoms with Crippen LogP contribution in [0.25, 0.3) is 0 Å². The van der Waals surface area contributed by atoms with E-state index in [4.69, 9.17) is 23.1 Å². The molecule has 4 nitrogen and oxygen atoms in total. The van der Waals surface area contributed by atoms with Crippen molar-refractivity contribution >= 4 is 21.4 Å². The van der Waals surface area contributed by atoms with Gasteiger partial charge >= 0.3 is 0 Å². The topological polar surface area (TPSA) is 86.2 Å². The van der Waals surface area contributed by atoms with Crippen LogP contribution in [-0.2, 0) is 9.84 Å². The van der Waals surface area contributed by atoms with Gasteiger partial charge in [0.15, 0.2) is 9.84 Å². The van der Waals surface area contributed by atoms with Crippen LogP contribution in [0, 0.1) is 5.41 Å². The van der Waals surface area contributed by atoms with Gasteiger partial charge < -0.3 is 11.5 Å². The van der Waals surface area contributed by atoms with Crippen LogP contribution in [0.4, 0.5) is 0 Å². The van der Waals surface area contributed by atoms with E-state index in [1.165, 1.54) is 6.26 Å². The van der Waals surface area contributed by atoms with Crippen molar-refractivity contribution in [1.82, 2.24) is 0 Å². The van der Waals surface area contributed by atoms with Crippen molar-refractivity contribution in [2.75, 3.05) is 19.3 Å². The lowest BCUT2D eigenvalue weighted by atomic mass is 9.99. The second kappa shape index (κ2) is 4.49. The summed E-state index contributed by atoms with van der Waals surface area (Å²) in [5, 5.41) is 0.0908. The monoisotopic (exact) mass is 288 g/mol. The lowest BCUT2D eigenvalue weighted by Gasteiger charge is -2.12. The molecule has 2 unspecified atom stereocenters. The van der Waals surface area contributed by atoms with Crippen LogP contribution >= 0.6 is 11.6 Å². The lowest BCUT2D eigenvalue weighted by molar-refractivity contribution is 0.511. The Balaban J connectivity index is 2.45. The van der Waals surface area contributed by atoms with Crippen molar-refractivity contribution in [1.29, 1.82) is 0 Å². The first-order valence-electron chi connectivity index (χ1n) is 5.71. The van der Waals surface area contributed by atoms with E-state index in [-0.39, 0.29) is 19.0 Å². The van der Waals surface area contributed by atoms with Gasteiger partial charge in [-0.25, -0.2) is 8.42 Å². The maximum absolute atomic E-state index is 11.9. The van der Waals surface area contributed by atoms with Crippen molar-refractivity contribution in [2.45, 2.75) is 11.2 Å². The largest absolute Gasteiger partial charge is 0.330 e. The number of sulfone groups is 1. The Morgan fingerprint density at radius 1 is 1.33 bits per heavy atom. The van der Waals surface area contributed by atoms with E-state index >= 15 is 0 Å². The van der Waals surface area contributed by atoms with E-state index in [2.05, 4.69) is 0 Å². The van der Waals surface area contributed by atoms with Crippen LogP contribution in [0.5, 0.6) is 0 Å². The van der Waals surface area contributed by atoms with E-state index in [9.17, 15) is 8.42 Å². The fraction of sp³-hybridized carbons (Fsp3) is 0.500. The molecule has 1 aliphatic carbocycles. The van der Waals surface area contributed by atoms with Crippen LogP contribution in [0.15, 0.2) is 24.3 Å². The molecule has 0 aromatic heterocycles. The maximum Gasteiger partial charge on any atom is 0.151 e. The Kier molecular flexibility index (Phi) is 3.44. The molecule has 0 spiro atoms. The predicted octanol–water partition coefficient (Wildman–Crippen LogP) is 0.754. The molecule has 4 N–H and O–H groups in total. The molecule has 2 rings (SSSR count). The van der Waals surface area contributed by atoms with Crippen LogP contribution in [0.1, 0.15) is 11.5 Å². The molecule has 2 atom stereocenters. The number of halogens is 1. The van der Waals surface area contributed by atoms with Gasteiger partial charge in [0.1, 0.15) is 0 Å². The van der Waals surface area contributed by atoms with Crippen molar-refractivity contribution in [3.05, 3.63) is 34.9 Å². The van der Waals surface area contributed by atoms with E-state index < -0.39 is 20.5 Å². The first-order chi connectivity index (χ1) is 8.36. The zero-order valence-corrected chi connectivity index (χ0v) is 11.7. The molecule has 1 aromatic carbocycles. The molecule has 0 radical (unpaired) electrons. The second-order valence-electron chi connectivity index (χ2n) is 4.92. The van der Waals surface area contributed by atoms with Crippen molar-refractivity contribution in [3.63, 3.8) is 0 Å². The standard InChI is InChI=1S/C12H17ClN2O2S/c1-18(16,17)11-10(12(11,6-14)7-15)8-3-2-4-9(13)5-8/h2-5,10-11H,6-7,14-15H2,1H3. The molecule has 0 heterocycles. The molecule has 1 aromatic rings. The zero-order valence-electron chi connectivity index (χ0n) is 10.1. The molecule has 6 heteroatoms. The van der Waals surface area contributed by atoms with Crippen molar-refractivity contribution < 1.29 is 8.42 Å². The molecular formula is C12H17ClN2O2S. The highest BCUT2D eigenvalue weighted by Crippen LogP contribution is 2.61. The van der Waals surface area contributed by atoms with E-state index in [1.54, 1.807) is 12.1 Å². The highest BCUT2D eigenvalue weighted by Gasteiger charge is 2.68. The van der Waals surface area contributed by atoms with Crippen LogP contribution < -0.4 is 11.5 Å². The summed E-state index contributed by atoms with van der Waals surface area (Å²) >= 11 is 5.95. The van der Waals surface area contributed by atoms with E-state index in [0.29, 0.717) is 5.02 Å². The molecule has 100 valence electrons. The van der Waals surface area contributed by atoms with Gasteiger partial charge in [0.25, 0.3) is 0 Å². The van der Waals surface area contributed by atoms with Crippen LogP contribution in [0.2, 0.25) is 5.02 Å². The second-order valence-corrected chi connectivity index (χ2v) is 7.53. The third-order valence-corrected chi connectivity index (χ3v) is 5.71. The molecule has 1 aliphatic rings.